The smallest absolute Gasteiger partial charge is 0.297 e. The van der Waals surface area contributed by atoms with Gasteiger partial charge >= 0.3 is 0 Å². The van der Waals surface area contributed by atoms with Crippen LogP contribution in [-0.2, 0) is 5.75 Å². The van der Waals surface area contributed by atoms with Crippen molar-refractivity contribution < 1.29 is 13.6 Å². The number of fused-ring (bicyclic) bond motifs is 2. The van der Waals surface area contributed by atoms with Crippen LogP contribution in [0.1, 0.15) is 44.4 Å². The van der Waals surface area contributed by atoms with Gasteiger partial charge in [0.2, 0.25) is 10.9 Å². The van der Waals surface area contributed by atoms with Crippen LogP contribution in [0.5, 0.6) is 0 Å². The van der Waals surface area contributed by atoms with E-state index in [-0.39, 0.29) is 27.4 Å². The average Bonchev–Trinajstić information content (AvgIpc) is 3.47. The van der Waals surface area contributed by atoms with Gasteiger partial charge < -0.3 is 4.42 Å². The lowest BCUT2D eigenvalue weighted by molar-refractivity contribution is 0.0970. The van der Waals surface area contributed by atoms with Gasteiger partial charge in [-0.1, -0.05) is 71.6 Å². The highest BCUT2D eigenvalue weighted by Gasteiger charge is 2.46. The van der Waals surface area contributed by atoms with Crippen LogP contribution in [0.2, 0.25) is 0 Å². The maximum Gasteiger partial charge on any atom is 0.297 e. The Bertz CT molecular complexity index is 1730. The molecule has 6 rings (SSSR count). The second-order valence-electron chi connectivity index (χ2n) is 8.83. The number of aromatic nitrogens is 2. The zero-order chi connectivity index (χ0) is 25.7. The molecule has 0 saturated carbocycles. The van der Waals surface area contributed by atoms with Crippen molar-refractivity contribution in [3.8, 4) is 0 Å². The Hall–Kier alpha value is -3.82. The van der Waals surface area contributed by atoms with E-state index in [1.165, 1.54) is 34.1 Å². The number of carbonyl (C=O) groups excluding carboxylic acids is 1. The van der Waals surface area contributed by atoms with Crippen LogP contribution in [0.4, 0.5) is 9.52 Å². The third-order valence-corrected chi connectivity index (χ3v) is 8.62. The molecule has 0 spiro atoms. The summed E-state index contributed by atoms with van der Waals surface area (Å²) in [7, 11) is 0. The fourth-order valence-corrected chi connectivity index (χ4v) is 6.32. The van der Waals surface area contributed by atoms with E-state index in [0.717, 1.165) is 16.7 Å². The Morgan fingerprint density at radius 2 is 1.73 bits per heavy atom. The van der Waals surface area contributed by atoms with E-state index in [2.05, 4.69) is 10.2 Å². The highest BCUT2D eigenvalue weighted by atomic mass is 32.2. The minimum atomic E-state index is -1.02. The van der Waals surface area contributed by atoms with Gasteiger partial charge in [0.1, 0.15) is 17.4 Å². The van der Waals surface area contributed by atoms with Crippen molar-refractivity contribution in [1.29, 1.82) is 0 Å². The Morgan fingerprint density at radius 1 is 1.00 bits per heavy atom. The number of thioether (sulfide) groups is 1. The van der Waals surface area contributed by atoms with Crippen molar-refractivity contribution in [2.45, 2.75) is 30.0 Å². The summed E-state index contributed by atoms with van der Waals surface area (Å²) in [5.41, 5.74) is 3.27. The quantitative estimate of drug-likeness (QED) is 0.193. The molecule has 2 aromatic heterocycles. The Morgan fingerprint density at radius 3 is 2.51 bits per heavy atom. The van der Waals surface area contributed by atoms with Crippen molar-refractivity contribution in [3.63, 3.8) is 0 Å². The standard InChI is InChI=1S/C28H20FN3O3S2/c1-15-12-19-21(13-16(15)2)35-25-22(24(19)33)23(18-10-6-7-11-20(18)29)32(26(25)34)27-30-31-28(37-27)36-14-17-8-4-3-5-9-17/h3-13,23H,14H2,1-2H3. The van der Waals surface area contributed by atoms with Crippen LogP contribution in [0, 0.1) is 19.7 Å². The summed E-state index contributed by atoms with van der Waals surface area (Å²) in [6.45, 7) is 3.82. The number of carbonyl (C=O) groups is 1. The van der Waals surface area contributed by atoms with Crippen molar-refractivity contribution in [2.24, 2.45) is 0 Å². The first-order valence-corrected chi connectivity index (χ1v) is 13.4. The lowest BCUT2D eigenvalue weighted by Gasteiger charge is -2.22. The summed E-state index contributed by atoms with van der Waals surface area (Å²) < 4.78 is 21.8. The van der Waals surface area contributed by atoms with Crippen molar-refractivity contribution in [2.75, 3.05) is 4.90 Å². The number of hydrogen-bond donors (Lipinski definition) is 0. The van der Waals surface area contributed by atoms with Gasteiger partial charge in [-0.25, -0.2) is 4.39 Å². The highest BCUT2D eigenvalue weighted by molar-refractivity contribution is 8.00. The van der Waals surface area contributed by atoms with E-state index in [0.29, 0.717) is 21.1 Å². The molecule has 6 nitrogen and oxygen atoms in total. The molecule has 1 atom stereocenters. The van der Waals surface area contributed by atoms with Gasteiger partial charge in [0.05, 0.1) is 10.9 Å². The molecule has 1 amide bonds. The normalized spacial score (nSPS) is 14.9. The third kappa shape index (κ3) is 4.04. The van der Waals surface area contributed by atoms with Gasteiger partial charge in [0.15, 0.2) is 9.77 Å². The monoisotopic (exact) mass is 529 g/mol. The van der Waals surface area contributed by atoms with E-state index in [1.807, 2.05) is 44.2 Å². The van der Waals surface area contributed by atoms with Gasteiger partial charge in [0, 0.05) is 11.3 Å². The van der Waals surface area contributed by atoms with E-state index in [4.69, 9.17) is 4.42 Å². The predicted molar refractivity (Wildman–Crippen MR) is 143 cm³/mol. The molecule has 0 bridgehead atoms. The summed E-state index contributed by atoms with van der Waals surface area (Å²) in [6, 6.07) is 18.6. The molecule has 0 fully saturated rings. The minimum Gasteiger partial charge on any atom is -0.450 e. The van der Waals surface area contributed by atoms with Crippen LogP contribution in [0.25, 0.3) is 11.0 Å². The maximum absolute atomic E-state index is 15.1. The Kier molecular flexibility index (Phi) is 5.89. The molecule has 184 valence electrons. The van der Waals surface area contributed by atoms with Gasteiger partial charge in [0.25, 0.3) is 5.91 Å². The topological polar surface area (TPSA) is 76.3 Å². The number of amides is 1. The number of halogens is 1. The number of aryl methyl sites for hydroxylation is 2. The molecule has 0 radical (unpaired) electrons. The molecule has 1 unspecified atom stereocenters. The lowest BCUT2D eigenvalue weighted by Crippen LogP contribution is -2.30. The zero-order valence-electron chi connectivity index (χ0n) is 19.9. The van der Waals surface area contributed by atoms with E-state index in [1.54, 1.807) is 30.3 Å². The average molecular weight is 530 g/mol. The highest BCUT2D eigenvalue weighted by Crippen LogP contribution is 2.44. The molecule has 5 aromatic rings. The van der Waals surface area contributed by atoms with Crippen LogP contribution < -0.4 is 10.3 Å². The SMILES string of the molecule is Cc1cc2oc3c(c(=O)c2cc1C)C(c1ccccc1F)N(c1nnc(SCc2ccccc2)s1)C3=O. The van der Waals surface area contributed by atoms with Gasteiger partial charge in [-0.3, -0.25) is 14.5 Å². The molecule has 1 aliphatic heterocycles. The molecule has 37 heavy (non-hydrogen) atoms. The second-order valence-corrected chi connectivity index (χ2v) is 11.0. The van der Waals surface area contributed by atoms with E-state index in [9.17, 15) is 9.59 Å². The molecule has 9 heteroatoms. The zero-order valence-corrected chi connectivity index (χ0v) is 21.5. The Balaban J connectivity index is 1.48. The van der Waals surface area contributed by atoms with Gasteiger partial charge in [-0.05, 0) is 48.7 Å². The maximum atomic E-state index is 15.1. The van der Waals surface area contributed by atoms with E-state index < -0.39 is 17.8 Å². The Labute approximate surface area is 219 Å². The fourth-order valence-electron chi connectivity index (χ4n) is 4.49. The first-order chi connectivity index (χ1) is 17.9. The molecule has 0 aliphatic carbocycles. The third-order valence-electron chi connectivity index (χ3n) is 6.49. The minimum absolute atomic E-state index is 0.0947. The van der Waals surface area contributed by atoms with E-state index >= 15 is 4.39 Å². The molecular formula is C28H20FN3O3S2. The number of hydrogen-bond acceptors (Lipinski definition) is 7. The second kappa shape index (κ2) is 9.24. The van der Waals surface area contributed by atoms with Crippen LogP contribution in [-0.4, -0.2) is 16.1 Å². The van der Waals surface area contributed by atoms with Crippen LogP contribution >= 0.6 is 23.1 Å². The van der Waals surface area contributed by atoms with Crippen molar-refractivity contribution in [1.82, 2.24) is 10.2 Å². The lowest BCUT2D eigenvalue weighted by atomic mass is 9.97. The summed E-state index contributed by atoms with van der Waals surface area (Å²) in [6.07, 6.45) is 0. The molecule has 3 aromatic carbocycles. The van der Waals surface area contributed by atoms with Crippen molar-refractivity contribution in [3.05, 3.63) is 116 Å². The number of anilines is 1. The molecule has 0 saturated heterocycles. The number of benzene rings is 3. The summed E-state index contributed by atoms with van der Waals surface area (Å²) in [5.74, 6) is -0.482. The molecular weight excluding hydrogens is 509 g/mol. The molecule has 3 heterocycles. The van der Waals surface area contributed by atoms with Gasteiger partial charge in [-0.15, -0.1) is 10.2 Å². The largest absolute Gasteiger partial charge is 0.450 e. The van der Waals surface area contributed by atoms with Crippen LogP contribution in [0.3, 0.4) is 0 Å². The molecule has 1 aliphatic rings. The number of nitrogens with zero attached hydrogens (tertiary/aromatic N) is 3. The first-order valence-electron chi connectivity index (χ1n) is 11.6. The van der Waals surface area contributed by atoms with Gasteiger partial charge in [-0.2, -0.15) is 0 Å². The number of rotatable bonds is 5. The summed E-state index contributed by atoms with van der Waals surface area (Å²) in [5, 5.41) is 9.15. The van der Waals surface area contributed by atoms with Crippen molar-refractivity contribution >= 4 is 45.1 Å². The van der Waals surface area contributed by atoms with Crippen LogP contribution in [0.15, 0.2) is 80.3 Å². The fraction of sp³-hybridized carbons (Fsp3) is 0.143. The molecule has 0 N–H and O–H groups in total. The summed E-state index contributed by atoms with van der Waals surface area (Å²) in [4.78, 5) is 28.8. The summed E-state index contributed by atoms with van der Waals surface area (Å²) >= 11 is 2.72. The first kappa shape index (κ1) is 23.6. The predicted octanol–water partition coefficient (Wildman–Crippen LogP) is 6.44.